The van der Waals surface area contributed by atoms with Crippen molar-refractivity contribution in [2.45, 2.75) is 18.9 Å². The van der Waals surface area contributed by atoms with Gasteiger partial charge in [-0.1, -0.05) is 0 Å². The number of nitrogens with zero attached hydrogens (tertiary/aromatic N) is 7. The molecule has 5 heterocycles. The van der Waals surface area contributed by atoms with Crippen LogP contribution in [0.2, 0.25) is 0 Å². The predicted octanol–water partition coefficient (Wildman–Crippen LogP) is 2.96. The van der Waals surface area contributed by atoms with E-state index in [2.05, 4.69) is 35.2 Å². The van der Waals surface area contributed by atoms with Crippen LogP contribution in [0, 0.1) is 0 Å². The zero-order chi connectivity index (χ0) is 23.1. The molecule has 0 atom stereocenters. The standard InChI is InChI=1S/C25H26N8O/c1-31-16-20(14-29-31)19-10-18-11-23(28-15-22(18)27-13-19)30-25(34)17-4-5-26-24(12-17)33-8-6-32(7-9-33)21-2-3-21/h4-5,10-16,21H,2-3,6-9H2,1H3,(H,28,30,34). The maximum atomic E-state index is 13.0. The fraction of sp³-hybridized carbons (Fsp3) is 0.320. The molecule has 1 saturated heterocycles. The first kappa shape index (κ1) is 20.7. The first-order valence-electron chi connectivity index (χ1n) is 11.6. The van der Waals surface area contributed by atoms with E-state index in [1.807, 2.05) is 37.6 Å². The lowest BCUT2D eigenvalue weighted by Gasteiger charge is -2.35. The molecule has 1 saturated carbocycles. The Hall–Kier alpha value is -3.85. The van der Waals surface area contributed by atoms with Crippen LogP contribution in [0.25, 0.3) is 22.0 Å². The zero-order valence-electron chi connectivity index (χ0n) is 19.1. The topological polar surface area (TPSA) is 92.1 Å². The second-order valence-electron chi connectivity index (χ2n) is 9.00. The summed E-state index contributed by atoms with van der Waals surface area (Å²) in [6.07, 6.45) is 11.6. The molecule has 1 N–H and O–H groups in total. The molecule has 34 heavy (non-hydrogen) atoms. The minimum absolute atomic E-state index is 0.205. The highest BCUT2D eigenvalue weighted by Gasteiger charge is 2.31. The number of pyridine rings is 3. The number of anilines is 2. The average Bonchev–Trinajstić information content (AvgIpc) is 3.64. The molecular formula is C25H26N8O. The quantitative estimate of drug-likeness (QED) is 0.496. The van der Waals surface area contributed by atoms with Crippen LogP contribution in [-0.2, 0) is 7.05 Å². The van der Waals surface area contributed by atoms with Crippen molar-refractivity contribution in [3.63, 3.8) is 0 Å². The molecule has 0 unspecified atom stereocenters. The van der Waals surface area contributed by atoms with Crippen molar-refractivity contribution in [1.29, 1.82) is 0 Å². The van der Waals surface area contributed by atoms with Gasteiger partial charge < -0.3 is 10.2 Å². The fourth-order valence-corrected chi connectivity index (χ4v) is 4.50. The van der Waals surface area contributed by atoms with Gasteiger partial charge in [-0.2, -0.15) is 5.10 Å². The molecule has 6 rings (SSSR count). The normalized spacial score (nSPS) is 16.7. The highest BCUT2D eigenvalue weighted by molar-refractivity contribution is 6.04. The van der Waals surface area contributed by atoms with Crippen molar-refractivity contribution in [1.82, 2.24) is 29.6 Å². The molecule has 1 aliphatic heterocycles. The van der Waals surface area contributed by atoms with E-state index in [-0.39, 0.29) is 5.91 Å². The van der Waals surface area contributed by atoms with Crippen LogP contribution in [0.15, 0.2) is 55.2 Å². The van der Waals surface area contributed by atoms with E-state index in [1.54, 1.807) is 29.3 Å². The lowest BCUT2D eigenvalue weighted by Crippen LogP contribution is -2.47. The van der Waals surface area contributed by atoms with Crippen molar-refractivity contribution in [3.8, 4) is 11.1 Å². The minimum atomic E-state index is -0.205. The Bertz CT molecular complexity index is 1350. The van der Waals surface area contributed by atoms with Crippen molar-refractivity contribution in [2.75, 3.05) is 36.4 Å². The molecular weight excluding hydrogens is 428 g/mol. The number of hydrogen-bond acceptors (Lipinski definition) is 7. The van der Waals surface area contributed by atoms with Gasteiger partial charge in [0.1, 0.15) is 11.6 Å². The molecule has 0 radical (unpaired) electrons. The van der Waals surface area contributed by atoms with Gasteiger partial charge in [0.05, 0.1) is 17.9 Å². The van der Waals surface area contributed by atoms with Gasteiger partial charge in [0.2, 0.25) is 0 Å². The molecule has 4 aromatic heterocycles. The van der Waals surface area contributed by atoms with E-state index in [9.17, 15) is 4.79 Å². The van der Waals surface area contributed by atoms with Gasteiger partial charge in [0, 0.05) is 79.9 Å². The smallest absolute Gasteiger partial charge is 0.257 e. The predicted molar refractivity (Wildman–Crippen MR) is 131 cm³/mol. The first-order valence-corrected chi connectivity index (χ1v) is 11.6. The summed E-state index contributed by atoms with van der Waals surface area (Å²) in [7, 11) is 1.88. The number of carbonyl (C=O) groups excluding carboxylic acids is 1. The lowest BCUT2D eigenvalue weighted by molar-refractivity contribution is 0.102. The molecule has 1 aliphatic carbocycles. The number of piperazine rings is 1. The Kier molecular flexibility index (Phi) is 5.18. The number of hydrogen-bond donors (Lipinski definition) is 1. The molecule has 1 amide bonds. The van der Waals surface area contributed by atoms with Crippen molar-refractivity contribution >= 4 is 28.4 Å². The molecule has 0 aromatic carbocycles. The summed E-state index contributed by atoms with van der Waals surface area (Å²) in [5.74, 6) is 1.13. The second-order valence-corrected chi connectivity index (χ2v) is 9.00. The maximum Gasteiger partial charge on any atom is 0.257 e. The number of aryl methyl sites for hydroxylation is 1. The maximum absolute atomic E-state index is 13.0. The molecule has 4 aromatic rings. The highest BCUT2D eigenvalue weighted by Crippen LogP contribution is 2.28. The van der Waals surface area contributed by atoms with Crippen LogP contribution in [0.5, 0.6) is 0 Å². The largest absolute Gasteiger partial charge is 0.354 e. The SMILES string of the molecule is Cn1cc(-c2cnc3cnc(NC(=O)c4ccnc(N5CCN(C6CC6)CC5)c4)cc3c2)cn1. The first-order chi connectivity index (χ1) is 16.6. The Morgan fingerprint density at radius 1 is 0.971 bits per heavy atom. The van der Waals surface area contributed by atoms with E-state index in [1.165, 1.54) is 12.8 Å². The van der Waals surface area contributed by atoms with Gasteiger partial charge >= 0.3 is 0 Å². The van der Waals surface area contributed by atoms with Crippen LogP contribution in [0.4, 0.5) is 11.6 Å². The van der Waals surface area contributed by atoms with E-state index in [0.29, 0.717) is 11.4 Å². The molecule has 2 fully saturated rings. The summed E-state index contributed by atoms with van der Waals surface area (Å²) < 4.78 is 1.76. The Balaban J connectivity index is 1.18. The third-order valence-corrected chi connectivity index (χ3v) is 6.56. The van der Waals surface area contributed by atoms with Gasteiger partial charge in [0.25, 0.3) is 5.91 Å². The number of rotatable bonds is 5. The minimum Gasteiger partial charge on any atom is -0.354 e. The number of nitrogens with one attached hydrogen (secondary N) is 1. The van der Waals surface area contributed by atoms with Crippen LogP contribution in [0.1, 0.15) is 23.2 Å². The van der Waals surface area contributed by atoms with Crippen molar-refractivity contribution in [2.24, 2.45) is 7.05 Å². The summed E-state index contributed by atoms with van der Waals surface area (Å²) in [4.78, 5) is 31.2. The third kappa shape index (κ3) is 4.22. The molecule has 172 valence electrons. The summed E-state index contributed by atoms with van der Waals surface area (Å²) in [5, 5.41) is 8.05. The van der Waals surface area contributed by atoms with Crippen LogP contribution in [-0.4, -0.2) is 67.8 Å². The van der Waals surface area contributed by atoms with Crippen molar-refractivity contribution < 1.29 is 4.79 Å². The molecule has 0 spiro atoms. The summed E-state index contributed by atoms with van der Waals surface area (Å²) in [6, 6.07) is 8.27. The van der Waals surface area contributed by atoms with E-state index >= 15 is 0 Å². The van der Waals surface area contributed by atoms with E-state index in [0.717, 1.165) is 60.1 Å². The van der Waals surface area contributed by atoms with E-state index < -0.39 is 0 Å². The van der Waals surface area contributed by atoms with Gasteiger partial charge in [-0.05, 0) is 37.1 Å². The Morgan fingerprint density at radius 2 is 1.82 bits per heavy atom. The summed E-state index contributed by atoms with van der Waals surface area (Å²) >= 11 is 0. The average molecular weight is 455 g/mol. The molecule has 9 nitrogen and oxygen atoms in total. The van der Waals surface area contributed by atoms with Crippen molar-refractivity contribution in [3.05, 3.63) is 60.8 Å². The number of aromatic nitrogens is 5. The Morgan fingerprint density at radius 3 is 2.59 bits per heavy atom. The van der Waals surface area contributed by atoms with Crippen LogP contribution in [0.3, 0.4) is 0 Å². The summed E-state index contributed by atoms with van der Waals surface area (Å²) in [6.45, 7) is 3.98. The number of carbonyl (C=O) groups is 1. The Labute approximate surface area is 197 Å². The monoisotopic (exact) mass is 454 g/mol. The second kappa shape index (κ2) is 8.49. The third-order valence-electron chi connectivity index (χ3n) is 6.56. The van der Waals surface area contributed by atoms with Gasteiger partial charge in [0.15, 0.2) is 0 Å². The summed E-state index contributed by atoms with van der Waals surface area (Å²) in [5.41, 5.74) is 3.28. The van der Waals surface area contributed by atoms with Gasteiger partial charge in [-0.25, -0.2) is 9.97 Å². The van der Waals surface area contributed by atoms with Gasteiger partial charge in [-0.15, -0.1) is 0 Å². The highest BCUT2D eigenvalue weighted by atomic mass is 16.1. The van der Waals surface area contributed by atoms with Crippen LogP contribution >= 0.6 is 0 Å². The van der Waals surface area contributed by atoms with E-state index in [4.69, 9.17) is 0 Å². The molecule has 9 heteroatoms. The molecule has 2 aliphatic rings. The molecule has 0 bridgehead atoms. The fourth-order valence-electron chi connectivity index (χ4n) is 4.50. The zero-order valence-corrected chi connectivity index (χ0v) is 19.1. The van der Waals surface area contributed by atoms with Crippen LogP contribution < -0.4 is 10.2 Å². The van der Waals surface area contributed by atoms with Gasteiger partial charge in [-0.3, -0.25) is 19.4 Å². The number of amides is 1. The lowest BCUT2D eigenvalue weighted by atomic mass is 10.1. The number of fused-ring (bicyclic) bond motifs is 1.